The van der Waals surface area contributed by atoms with Gasteiger partial charge in [0.15, 0.2) is 11.0 Å². The quantitative estimate of drug-likeness (QED) is 0.407. The van der Waals surface area contributed by atoms with Crippen LogP contribution in [-0.4, -0.2) is 32.3 Å². The second kappa shape index (κ2) is 10.3. The number of amides is 2. The molecule has 0 atom stereocenters. The molecule has 0 bridgehead atoms. The Kier molecular flexibility index (Phi) is 6.99. The molecular formula is C24H19ClN4O2S. The number of rotatable bonds is 7. The molecule has 0 radical (unpaired) electrons. The highest BCUT2D eigenvalue weighted by Crippen LogP contribution is 2.28. The van der Waals surface area contributed by atoms with Gasteiger partial charge in [-0.1, -0.05) is 71.9 Å². The maximum Gasteiger partial charge on any atom is 0.237 e. The first kappa shape index (κ1) is 21.8. The Hall–Kier alpha value is -3.42. The van der Waals surface area contributed by atoms with Crippen LogP contribution in [0.1, 0.15) is 5.56 Å². The second-order valence-corrected chi connectivity index (χ2v) is 8.29. The molecule has 4 rings (SSSR count). The standard InChI is InChI=1S/C24H19ClN4O2S/c25-19-13-11-18(12-14-19)23-27-28-24(29(23)20-9-5-2-6-10-20)32-16-22(31)26-21(30)15-17-7-3-1-4-8-17/h1-14H,15-16H2,(H,26,30,31). The van der Waals surface area contributed by atoms with Crippen molar-refractivity contribution in [3.05, 3.63) is 95.5 Å². The number of nitrogens with one attached hydrogen (secondary N) is 1. The number of aromatic nitrogens is 3. The monoisotopic (exact) mass is 462 g/mol. The van der Waals surface area contributed by atoms with Crippen molar-refractivity contribution in [2.75, 3.05) is 5.75 Å². The van der Waals surface area contributed by atoms with Crippen LogP contribution in [-0.2, 0) is 16.0 Å². The third kappa shape index (κ3) is 5.43. The molecule has 0 saturated heterocycles. The molecule has 0 unspecified atom stereocenters. The maximum absolute atomic E-state index is 12.4. The van der Waals surface area contributed by atoms with Crippen LogP contribution in [0.25, 0.3) is 17.1 Å². The van der Waals surface area contributed by atoms with Gasteiger partial charge in [-0.15, -0.1) is 10.2 Å². The lowest BCUT2D eigenvalue weighted by Gasteiger charge is -2.10. The SMILES string of the molecule is O=C(CSc1nnc(-c2ccc(Cl)cc2)n1-c1ccccc1)NC(=O)Cc1ccccc1. The number of hydrogen-bond acceptors (Lipinski definition) is 5. The van der Waals surface area contributed by atoms with Crippen LogP contribution in [0, 0.1) is 0 Å². The highest BCUT2D eigenvalue weighted by molar-refractivity contribution is 7.99. The van der Waals surface area contributed by atoms with Gasteiger partial charge in [-0.05, 0) is 42.0 Å². The van der Waals surface area contributed by atoms with Gasteiger partial charge in [0.05, 0.1) is 12.2 Å². The summed E-state index contributed by atoms with van der Waals surface area (Å²) in [5, 5.41) is 12.2. The van der Waals surface area contributed by atoms with Crippen molar-refractivity contribution in [3.8, 4) is 17.1 Å². The van der Waals surface area contributed by atoms with Crippen LogP contribution in [0.5, 0.6) is 0 Å². The summed E-state index contributed by atoms with van der Waals surface area (Å²) >= 11 is 7.24. The zero-order valence-corrected chi connectivity index (χ0v) is 18.5. The third-order valence-corrected chi connectivity index (χ3v) is 5.75. The highest BCUT2D eigenvalue weighted by Gasteiger charge is 2.18. The number of para-hydroxylation sites is 1. The molecule has 8 heteroatoms. The van der Waals surface area contributed by atoms with Crippen molar-refractivity contribution in [2.45, 2.75) is 11.6 Å². The summed E-state index contributed by atoms with van der Waals surface area (Å²) in [6.07, 6.45) is 0.151. The van der Waals surface area contributed by atoms with Gasteiger partial charge < -0.3 is 0 Å². The Labute approximate surface area is 194 Å². The van der Waals surface area contributed by atoms with Gasteiger partial charge in [0.2, 0.25) is 11.8 Å². The second-order valence-electron chi connectivity index (χ2n) is 6.91. The van der Waals surface area contributed by atoms with E-state index in [2.05, 4.69) is 15.5 Å². The Bertz CT molecular complexity index is 1210. The van der Waals surface area contributed by atoms with Gasteiger partial charge in [0.1, 0.15) is 0 Å². The normalized spacial score (nSPS) is 10.7. The average molecular weight is 463 g/mol. The number of halogens is 1. The molecule has 0 aliphatic heterocycles. The highest BCUT2D eigenvalue weighted by atomic mass is 35.5. The number of benzene rings is 3. The van der Waals surface area contributed by atoms with E-state index in [1.165, 1.54) is 11.8 Å². The van der Waals surface area contributed by atoms with E-state index in [9.17, 15) is 9.59 Å². The molecule has 0 saturated carbocycles. The molecular weight excluding hydrogens is 444 g/mol. The van der Waals surface area contributed by atoms with E-state index in [1.54, 1.807) is 12.1 Å². The Balaban J connectivity index is 1.49. The first-order valence-corrected chi connectivity index (χ1v) is 11.2. The first-order valence-electron chi connectivity index (χ1n) is 9.86. The summed E-state index contributed by atoms with van der Waals surface area (Å²) in [7, 11) is 0. The molecule has 2 amide bonds. The van der Waals surface area contributed by atoms with Crippen molar-refractivity contribution in [2.24, 2.45) is 0 Å². The molecule has 1 heterocycles. The fourth-order valence-corrected chi connectivity index (χ4v) is 3.98. The van der Waals surface area contributed by atoms with Crippen LogP contribution in [0.3, 0.4) is 0 Å². The Morgan fingerprint density at radius 1 is 0.844 bits per heavy atom. The van der Waals surface area contributed by atoms with Crippen molar-refractivity contribution in [3.63, 3.8) is 0 Å². The van der Waals surface area contributed by atoms with Gasteiger partial charge in [-0.2, -0.15) is 0 Å². The minimum atomic E-state index is -0.383. The Morgan fingerprint density at radius 3 is 2.19 bits per heavy atom. The molecule has 0 aliphatic rings. The van der Waals surface area contributed by atoms with Crippen LogP contribution in [0.4, 0.5) is 0 Å². The number of nitrogens with zero attached hydrogens (tertiary/aromatic N) is 3. The van der Waals surface area contributed by atoms with E-state index in [-0.39, 0.29) is 24.0 Å². The molecule has 1 aromatic heterocycles. The minimum absolute atomic E-state index is 0.0338. The fourth-order valence-electron chi connectivity index (χ4n) is 3.11. The lowest BCUT2D eigenvalue weighted by Crippen LogP contribution is -2.33. The summed E-state index contributed by atoms with van der Waals surface area (Å²) in [5.41, 5.74) is 2.56. The molecule has 1 N–H and O–H groups in total. The average Bonchev–Trinajstić information content (AvgIpc) is 3.23. The van der Waals surface area contributed by atoms with E-state index in [1.807, 2.05) is 77.4 Å². The zero-order chi connectivity index (χ0) is 22.3. The molecule has 0 spiro atoms. The van der Waals surface area contributed by atoms with Crippen LogP contribution >= 0.6 is 23.4 Å². The number of thioether (sulfide) groups is 1. The minimum Gasteiger partial charge on any atom is -0.295 e. The maximum atomic E-state index is 12.4. The summed E-state index contributed by atoms with van der Waals surface area (Å²) < 4.78 is 1.88. The van der Waals surface area contributed by atoms with Crippen LogP contribution in [0.2, 0.25) is 5.02 Å². The van der Waals surface area contributed by atoms with E-state index in [4.69, 9.17) is 11.6 Å². The Morgan fingerprint density at radius 2 is 1.50 bits per heavy atom. The molecule has 4 aromatic rings. The van der Waals surface area contributed by atoms with Crippen molar-refractivity contribution >= 4 is 35.2 Å². The van der Waals surface area contributed by atoms with Gasteiger partial charge in [-0.3, -0.25) is 19.5 Å². The smallest absolute Gasteiger partial charge is 0.237 e. The van der Waals surface area contributed by atoms with Gasteiger partial charge in [0.25, 0.3) is 0 Å². The lowest BCUT2D eigenvalue weighted by atomic mass is 10.1. The summed E-state index contributed by atoms with van der Waals surface area (Å²) in [6.45, 7) is 0. The fraction of sp³-hybridized carbons (Fsp3) is 0.0833. The number of carbonyl (C=O) groups is 2. The van der Waals surface area contributed by atoms with Crippen molar-refractivity contribution in [1.29, 1.82) is 0 Å². The third-order valence-electron chi connectivity index (χ3n) is 4.57. The molecule has 0 aliphatic carbocycles. The largest absolute Gasteiger partial charge is 0.295 e. The number of carbonyl (C=O) groups excluding carboxylic acids is 2. The van der Waals surface area contributed by atoms with Crippen molar-refractivity contribution < 1.29 is 9.59 Å². The topological polar surface area (TPSA) is 76.9 Å². The summed E-state index contributed by atoms with van der Waals surface area (Å²) in [4.78, 5) is 24.5. The lowest BCUT2D eigenvalue weighted by molar-refractivity contribution is -0.128. The van der Waals surface area contributed by atoms with Gasteiger partial charge >= 0.3 is 0 Å². The van der Waals surface area contributed by atoms with Crippen molar-refractivity contribution in [1.82, 2.24) is 20.1 Å². The summed E-state index contributed by atoms with van der Waals surface area (Å²) in [6, 6.07) is 26.3. The molecule has 3 aromatic carbocycles. The van der Waals surface area contributed by atoms with E-state index < -0.39 is 0 Å². The number of imide groups is 1. The first-order chi connectivity index (χ1) is 15.6. The molecule has 160 valence electrons. The molecule has 6 nitrogen and oxygen atoms in total. The van der Waals surface area contributed by atoms with Gasteiger partial charge in [-0.25, -0.2) is 0 Å². The zero-order valence-electron chi connectivity index (χ0n) is 16.9. The summed E-state index contributed by atoms with van der Waals surface area (Å²) in [5.74, 6) is -0.0535. The predicted octanol–water partition coefficient (Wildman–Crippen LogP) is 4.57. The number of hydrogen-bond donors (Lipinski definition) is 1. The van der Waals surface area contributed by atoms with E-state index >= 15 is 0 Å². The van der Waals surface area contributed by atoms with Crippen LogP contribution < -0.4 is 5.32 Å². The van der Waals surface area contributed by atoms with E-state index in [0.29, 0.717) is 16.0 Å². The molecule has 32 heavy (non-hydrogen) atoms. The van der Waals surface area contributed by atoms with Gasteiger partial charge in [0, 0.05) is 16.3 Å². The van der Waals surface area contributed by atoms with Crippen LogP contribution in [0.15, 0.2) is 90.1 Å². The predicted molar refractivity (Wildman–Crippen MR) is 126 cm³/mol. The van der Waals surface area contributed by atoms with E-state index in [0.717, 1.165) is 16.8 Å². The molecule has 0 fully saturated rings.